The van der Waals surface area contributed by atoms with Crippen molar-refractivity contribution in [1.82, 2.24) is 4.98 Å². The Bertz CT molecular complexity index is 460. The monoisotopic (exact) mass is 249 g/mol. The molecule has 0 saturated carbocycles. The number of pyridine rings is 1. The standard InChI is InChI=1S/C13H19N3O2/c1-8(2)9-3-4-16(7-9)12-5-10(13(17)18)11(14)6-15-12/h5-6,8-9H,3-4,7,14H2,1-2H3,(H,17,18). The van der Waals surface area contributed by atoms with Gasteiger partial charge in [0.2, 0.25) is 0 Å². The summed E-state index contributed by atoms with van der Waals surface area (Å²) in [6, 6.07) is 1.57. The second-order valence-corrected chi connectivity index (χ2v) is 5.17. The fraction of sp³-hybridized carbons (Fsp3) is 0.538. The molecule has 1 unspecified atom stereocenters. The Morgan fingerprint density at radius 3 is 2.89 bits per heavy atom. The predicted molar refractivity (Wildman–Crippen MR) is 70.8 cm³/mol. The lowest BCUT2D eigenvalue weighted by molar-refractivity contribution is 0.0698. The summed E-state index contributed by atoms with van der Waals surface area (Å²) >= 11 is 0. The number of rotatable bonds is 3. The molecule has 3 N–H and O–H groups in total. The summed E-state index contributed by atoms with van der Waals surface area (Å²) in [4.78, 5) is 17.4. The maximum Gasteiger partial charge on any atom is 0.337 e. The first-order valence-corrected chi connectivity index (χ1v) is 6.22. The quantitative estimate of drug-likeness (QED) is 0.854. The summed E-state index contributed by atoms with van der Waals surface area (Å²) in [5.74, 6) is 1.00. The lowest BCUT2D eigenvalue weighted by Crippen LogP contribution is -2.22. The molecular weight excluding hydrogens is 230 g/mol. The van der Waals surface area contributed by atoms with Crippen LogP contribution in [-0.2, 0) is 0 Å². The van der Waals surface area contributed by atoms with Crippen molar-refractivity contribution in [3.63, 3.8) is 0 Å². The number of nitrogens with zero attached hydrogens (tertiary/aromatic N) is 2. The minimum Gasteiger partial charge on any atom is -0.478 e. The predicted octanol–water partition coefficient (Wildman–Crippen LogP) is 1.84. The molecule has 0 radical (unpaired) electrons. The zero-order chi connectivity index (χ0) is 13.3. The number of carbonyl (C=O) groups is 1. The van der Waals surface area contributed by atoms with Crippen LogP contribution in [-0.4, -0.2) is 29.1 Å². The van der Waals surface area contributed by atoms with Crippen molar-refractivity contribution in [2.75, 3.05) is 23.7 Å². The van der Waals surface area contributed by atoms with Crippen LogP contribution >= 0.6 is 0 Å². The largest absolute Gasteiger partial charge is 0.478 e. The number of carboxylic acids is 1. The molecule has 5 heteroatoms. The van der Waals surface area contributed by atoms with Gasteiger partial charge in [-0.05, 0) is 24.3 Å². The molecule has 18 heavy (non-hydrogen) atoms. The topological polar surface area (TPSA) is 79.5 Å². The van der Waals surface area contributed by atoms with E-state index in [2.05, 4.69) is 23.7 Å². The maximum absolute atomic E-state index is 11.0. The minimum atomic E-state index is -1.00. The van der Waals surface area contributed by atoms with Crippen LogP contribution in [0.25, 0.3) is 0 Å². The third-order valence-electron chi connectivity index (χ3n) is 3.64. The number of nitrogen functional groups attached to an aromatic ring is 1. The summed E-state index contributed by atoms with van der Waals surface area (Å²) in [6.07, 6.45) is 2.56. The smallest absolute Gasteiger partial charge is 0.337 e. The molecule has 1 fully saturated rings. The van der Waals surface area contributed by atoms with E-state index < -0.39 is 5.97 Å². The molecule has 2 heterocycles. The van der Waals surface area contributed by atoms with Crippen LogP contribution in [0.5, 0.6) is 0 Å². The Morgan fingerprint density at radius 1 is 1.61 bits per heavy atom. The highest BCUT2D eigenvalue weighted by atomic mass is 16.4. The first-order chi connectivity index (χ1) is 8.49. The van der Waals surface area contributed by atoms with Crippen LogP contribution in [0.15, 0.2) is 12.3 Å². The number of anilines is 2. The van der Waals surface area contributed by atoms with Gasteiger partial charge in [-0.2, -0.15) is 0 Å². The molecule has 1 aliphatic heterocycles. The Labute approximate surface area is 107 Å². The second-order valence-electron chi connectivity index (χ2n) is 5.17. The summed E-state index contributed by atoms with van der Waals surface area (Å²) in [7, 11) is 0. The van der Waals surface area contributed by atoms with Gasteiger partial charge in [-0.1, -0.05) is 13.8 Å². The molecule has 1 atom stereocenters. The zero-order valence-electron chi connectivity index (χ0n) is 10.8. The number of aromatic carboxylic acids is 1. The van der Waals surface area contributed by atoms with Gasteiger partial charge in [0.1, 0.15) is 5.82 Å². The van der Waals surface area contributed by atoms with Gasteiger partial charge < -0.3 is 15.7 Å². The molecule has 5 nitrogen and oxygen atoms in total. The van der Waals surface area contributed by atoms with E-state index in [4.69, 9.17) is 10.8 Å². The molecule has 0 aliphatic carbocycles. The first-order valence-electron chi connectivity index (χ1n) is 6.22. The van der Waals surface area contributed by atoms with Crippen molar-refractivity contribution in [1.29, 1.82) is 0 Å². The van der Waals surface area contributed by atoms with Gasteiger partial charge in [0.15, 0.2) is 0 Å². The third kappa shape index (κ3) is 2.39. The molecule has 2 rings (SSSR count). The normalized spacial score (nSPS) is 19.5. The molecule has 0 bridgehead atoms. The van der Waals surface area contributed by atoms with Crippen molar-refractivity contribution in [3.05, 3.63) is 17.8 Å². The maximum atomic E-state index is 11.0. The van der Waals surface area contributed by atoms with Gasteiger partial charge in [-0.3, -0.25) is 0 Å². The van der Waals surface area contributed by atoms with Gasteiger partial charge in [-0.15, -0.1) is 0 Å². The molecule has 1 aliphatic rings. The van der Waals surface area contributed by atoms with E-state index in [0.717, 1.165) is 19.5 Å². The number of aromatic nitrogens is 1. The number of nitrogens with two attached hydrogens (primary N) is 1. The number of carboxylic acid groups (broad SMARTS) is 1. The average Bonchev–Trinajstić information content (AvgIpc) is 2.78. The minimum absolute atomic E-state index is 0.132. The van der Waals surface area contributed by atoms with Gasteiger partial charge in [0, 0.05) is 13.1 Å². The van der Waals surface area contributed by atoms with Gasteiger partial charge >= 0.3 is 5.97 Å². The van der Waals surface area contributed by atoms with E-state index in [1.807, 2.05) is 0 Å². The molecule has 0 amide bonds. The highest BCUT2D eigenvalue weighted by Gasteiger charge is 2.26. The average molecular weight is 249 g/mol. The van der Waals surface area contributed by atoms with Crippen LogP contribution in [0.4, 0.5) is 11.5 Å². The van der Waals surface area contributed by atoms with Crippen LogP contribution in [0, 0.1) is 11.8 Å². The van der Waals surface area contributed by atoms with Crippen LogP contribution in [0.2, 0.25) is 0 Å². The molecule has 1 aromatic rings. The molecule has 0 spiro atoms. The molecule has 0 aromatic carbocycles. The van der Waals surface area contributed by atoms with Crippen molar-refractivity contribution < 1.29 is 9.90 Å². The zero-order valence-corrected chi connectivity index (χ0v) is 10.8. The lowest BCUT2D eigenvalue weighted by Gasteiger charge is -2.19. The summed E-state index contributed by atoms with van der Waals surface area (Å²) in [5.41, 5.74) is 5.95. The summed E-state index contributed by atoms with van der Waals surface area (Å²) in [6.45, 7) is 6.30. The van der Waals surface area contributed by atoms with Gasteiger partial charge in [0.05, 0.1) is 17.4 Å². The highest BCUT2D eigenvalue weighted by Crippen LogP contribution is 2.28. The van der Waals surface area contributed by atoms with E-state index in [-0.39, 0.29) is 11.3 Å². The summed E-state index contributed by atoms with van der Waals surface area (Å²) in [5, 5.41) is 9.05. The summed E-state index contributed by atoms with van der Waals surface area (Å²) < 4.78 is 0. The van der Waals surface area contributed by atoms with Crippen LogP contribution in [0.3, 0.4) is 0 Å². The third-order valence-corrected chi connectivity index (χ3v) is 3.64. The van der Waals surface area contributed by atoms with Gasteiger partial charge in [-0.25, -0.2) is 9.78 Å². The van der Waals surface area contributed by atoms with E-state index in [9.17, 15) is 4.79 Å². The van der Waals surface area contributed by atoms with E-state index >= 15 is 0 Å². The molecule has 98 valence electrons. The Morgan fingerprint density at radius 2 is 2.33 bits per heavy atom. The van der Waals surface area contributed by atoms with Gasteiger partial charge in [0.25, 0.3) is 0 Å². The lowest BCUT2D eigenvalue weighted by atomic mass is 9.95. The highest BCUT2D eigenvalue weighted by molar-refractivity contribution is 5.94. The van der Waals surface area contributed by atoms with Crippen molar-refractivity contribution in [2.24, 2.45) is 11.8 Å². The van der Waals surface area contributed by atoms with E-state index in [0.29, 0.717) is 17.7 Å². The molecule has 1 saturated heterocycles. The molecule has 1 aromatic heterocycles. The SMILES string of the molecule is CC(C)C1CCN(c2cc(C(=O)O)c(N)cn2)C1. The number of hydrogen-bond donors (Lipinski definition) is 2. The first kappa shape index (κ1) is 12.7. The fourth-order valence-corrected chi connectivity index (χ4v) is 2.35. The Hall–Kier alpha value is -1.78. The van der Waals surface area contributed by atoms with Crippen LogP contribution in [0.1, 0.15) is 30.6 Å². The van der Waals surface area contributed by atoms with E-state index in [1.165, 1.54) is 6.20 Å². The van der Waals surface area contributed by atoms with Crippen molar-refractivity contribution in [3.8, 4) is 0 Å². The fourth-order valence-electron chi connectivity index (χ4n) is 2.35. The van der Waals surface area contributed by atoms with Crippen molar-refractivity contribution >= 4 is 17.5 Å². The Kier molecular flexibility index (Phi) is 3.41. The Balaban J connectivity index is 2.20. The number of hydrogen-bond acceptors (Lipinski definition) is 4. The molecular formula is C13H19N3O2. The van der Waals surface area contributed by atoms with E-state index in [1.54, 1.807) is 6.07 Å². The van der Waals surface area contributed by atoms with Crippen molar-refractivity contribution in [2.45, 2.75) is 20.3 Å². The second kappa shape index (κ2) is 4.84. The van der Waals surface area contributed by atoms with Crippen LogP contribution < -0.4 is 10.6 Å².